The zero-order chi connectivity index (χ0) is 15.7. The largest absolute Gasteiger partial charge is 0.377 e. The van der Waals surface area contributed by atoms with Crippen LogP contribution < -0.4 is 5.73 Å². The van der Waals surface area contributed by atoms with Crippen molar-refractivity contribution in [2.75, 3.05) is 13.2 Å². The van der Waals surface area contributed by atoms with Crippen LogP contribution in [-0.2, 0) is 10.2 Å². The first-order valence-electron chi connectivity index (χ1n) is 8.33. The highest BCUT2D eigenvalue weighted by atomic mass is 16.5. The number of aromatic nitrogens is 4. The van der Waals surface area contributed by atoms with Gasteiger partial charge < -0.3 is 15.6 Å². The number of pyridine rings is 1. The minimum Gasteiger partial charge on any atom is -0.377 e. The Morgan fingerprint density at radius 3 is 2.87 bits per heavy atom. The van der Waals surface area contributed by atoms with E-state index in [1.54, 1.807) is 0 Å². The van der Waals surface area contributed by atoms with Crippen molar-refractivity contribution in [2.45, 2.75) is 37.1 Å². The molecule has 6 nitrogen and oxygen atoms in total. The third-order valence-electron chi connectivity index (χ3n) is 6.21. The Bertz CT molecular complexity index is 893. The molecule has 1 unspecified atom stereocenters. The van der Waals surface area contributed by atoms with Gasteiger partial charge in [-0.2, -0.15) is 0 Å². The number of ether oxygens (including phenoxy) is 1. The summed E-state index contributed by atoms with van der Waals surface area (Å²) in [5, 5.41) is 9.04. The Hall–Kier alpha value is -1.92. The van der Waals surface area contributed by atoms with Gasteiger partial charge in [0.1, 0.15) is 0 Å². The van der Waals surface area contributed by atoms with Crippen LogP contribution in [0.3, 0.4) is 0 Å². The Morgan fingerprint density at radius 1 is 1.30 bits per heavy atom. The number of H-pyrrole nitrogens is 2. The quantitative estimate of drug-likeness (QED) is 0.676. The number of nitrogens with two attached hydrogens (primary N) is 1. The van der Waals surface area contributed by atoms with E-state index in [9.17, 15) is 0 Å². The van der Waals surface area contributed by atoms with Gasteiger partial charge in [-0.1, -0.05) is 13.3 Å². The lowest BCUT2D eigenvalue weighted by atomic mass is 9.60. The van der Waals surface area contributed by atoms with Gasteiger partial charge in [0.15, 0.2) is 5.65 Å². The van der Waals surface area contributed by atoms with Gasteiger partial charge in [0, 0.05) is 28.1 Å². The summed E-state index contributed by atoms with van der Waals surface area (Å²) in [6, 6.07) is 2.05. The van der Waals surface area contributed by atoms with Gasteiger partial charge in [0.2, 0.25) is 0 Å². The SMILES string of the molecule is CC1CCC[C@]1(c1[nH][nH]c2cnc3nccc3c12)C1(N)COC1. The van der Waals surface area contributed by atoms with Crippen LogP contribution >= 0.6 is 0 Å². The average molecular weight is 311 g/mol. The monoisotopic (exact) mass is 311 g/mol. The first kappa shape index (κ1) is 13.5. The topological polar surface area (TPSA) is 92.6 Å². The van der Waals surface area contributed by atoms with E-state index in [0.717, 1.165) is 23.0 Å². The summed E-state index contributed by atoms with van der Waals surface area (Å²) < 4.78 is 5.53. The van der Waals surface area contributed by atoms with Gasteiger partial charge in [-0.25, -0.2) is 9.97 Å². The van der Waals surface area contributed by atoms with Crippen LogP contribution in [0.15, 0.2) is 18.5 Å². The summed E-state index contributed by atoms with van der Waals surface area (Å²) in [6.07, 6.45) is 7.18. The molecule has 4 N–H and O–H groups in total. The van der Waals surface area contributed by atoms with Gasteiger partial charge in [0.25, 0.3) is 0 Å². The van der Waals surface area contributed by atoms with Gasteiger partial charge in [0.05, 0.1) is 30.5 Å². The maximum Gasteiger partial charge on any atom is 0.159 e. The van der Waals surface area contributed by atoms with E-state index >= 15 is 0 Å². The molecule has 3 aromatic heterocycles. The number of aromatic amines is 2. The molecule has 0 bridgehead atoms. The molecule has 4 heterocycles. The second-order valence-electron chi connectivity index (χ2n) is 7.27. The molecule has 6 heteroatoms. The van der Waals surface area contributed by atoms with Crippen LogP contribution in [0.4, 0.5) is 0 Å². The molecule has 1 saturated carbocycles. The summed E-state index contributed by atoms with van der Waals surface area (Å²) >= 11 is 0. The fourth-order valence-electron chi connectivity index (χ4n) is 4.97. The van der Waals surface area contributed by atoms with Gasteiger partial charge in [-0.15, -0.1) is 0 Å². The summed E-state index contributed by atoms with van der Waals surface area (Å²) in [7, 11) is 0. The van der Waals surface area contributed by atoms with Crippen molar-refractivity contribution in [2.24, 2.45) is 11.7 Å². The predicted octanol–water partition coefficient (Wildman–Crippen LogP) is 2.22. The third-order valence-corrected chi connectivity index (χ3v) is 6.21. The summed E-state index contributed by atoms with van der Waals surface area (Å²) in [5.41, 5.74) is 9.48. The van der Waals surface area contributed by atoms with Crippen molar-refractivity contribution in [3.05, 3.63) is 24.2 Å². The van der Waals surface area contributed by atoms with E-state index in [4.69, 9.17) is 10.5 Å². The number of rotatable bonds is 2. The van der Waals surface area contributed by atoms with E-state index in [-0.39, 0.29) is 11.0 Å². The van der Waals surface area contributed by atoms with Crippen molar-refractivity contribution in [1.82, 2.24) is 20.2 Å². The molecule has 1 saturated heterocycles. The summed E-state index contributed by atoms with van der Waals surface area (Å²) in [6.45, 7) is 3.59. The lowest BCUT2D eigenvalue weighted by molar-refractivity contribution is -0.104. The molecule has 2 fully saturated rings. The number of fused-ring (bicyclic) bond motifs is 3. The second-order valence-corrected chi connectivity index (χ2v) is 7.27. The number of hydrogen-bond donors (Lipinski definition) is 3. The maximum absolute atomic E-state index is 6.84. The van der Waals surface area contributed by atoms with E-state index in [0.29, 0.717) is 19.1 Å². The van der Waals surface area contributed by atoms with E-state index in [1.165, 1.54) is 23.9 Å². The fourth-order valence-corrected chi connectivity index (χ4v) is 4.97. The molecule has 3 aromatic rings. The molecule has 23 heavy (non-hydrogen) atoms. The van der Waals surface area contributed by atoms with Gasteiger partial charge in [-0.05, 0) is 24.8 Å². The zero-order valence-electron chi connectivity index (χ0n) is 13.2. The molecule has 0 radical (unpaired) electrons. The highest BCUT2D eigenvalue weighted by molar-refractivity contribution is 6.05. The van der Waals surface area contributed by atoms with Crippen LogP contribution in [0.25, 0.3) is 21.9 Å². The molecule has 1 aliphatic carbocycles. The van der Waals surface area contributed by atoms with Crippen molar-refractivity contribution in [1.29, 1.82) is 0 Å². The van der Waals surface area contributed by atoms with Crippen molar-refractivity contribution < 1.29 is 4.74 Å². The highest BCUT2D eigenvalue weighted by Gasteiger charge is 2.60. The minimum atomic E-state index is -0.301. The first-order chi connectivity index (χ1) is 11.2. The smallest absolute Gasteiger partial charge is 0.159 e. The van der Waals surface area contributed by atoms with E-state index in [1.807, 2.05) is 18.5 Å². The predicted molar refractivity (Wildman–Crippen MR) is 88.2 cm³/mol. The first-order valence-corrected chi connectivity index (χ1v) is 8.33. The van der Waals surface area contributed by atoms with Crippen molar-refractivity contribution in [3.63, 3.8) is 0 Å². The molecule has 0 spiro atoms. The lowest BCUT2D eigenvalue weighted by Gasteiger charge is -2.53. The maximum atomic E-state index is 6.84. The van der Waals surface area contributed by atoms with Gasteiger partial charge in [-0.3, -0.25) is 5.10 Å². The lowest BCUT2D eigenvalue weighted by Crippen LogP contribution is -2.71. The zero-order valence-corrected chi connectivity index (χ0v) is 13.2. The molecule has 5 rings (SSSR count). The molecule has 2 aliphatic rings. The van der Waals surface area contributed by atoms with Gasteiger partial charge >= 0.3 is 0 Å². The van der Waals surface area contributed by atoms with Crippen LogP contribution in [-0.4, -0.2) is 38.9 Å². The normalized spacial score (nSPS) is 30.1. The molecule has 0 aromatic carbocycles. The summed E-state index contributed by atoms with van der Waals surface area (Å²) in [4.78, 5) is 8.79. The van der Waals surface area contributed by atoms with Crippen LogP contribution in [0, 0.1) is 5.92 Å². The van der Waals surface area contributed by atoms with Crippen LogP contribution in [0.1, 0.15) is 31.9 Å². The van der Waals surface area contributed by atoms with Crippen molar-refractivity contribution in [3.8, 4) is 0 Å². The number of hydrogen-bond acceptors (Lipinski definition) is 4. The minimum absolute atomic E-state index is 0.0882. The second kappa shape index (κ2) is 4.33. The highest BCUT2D eigenvalue weighted by Crippen LogP contribution is 2.54. The van der Waals surface area contributed by atoms with Crippen LogP contribution in [0.5, 0.6) is 0 Å². The Labute approximate surface area is 133 Å². The van der Waals surface area contributed by atoms with Crippen LogP contribution in [0.2, 0.25) is 0 Å². The van der Waals surface area contributed by atoms with E-state index in [2.05, 4.69) is 27.1 Å². The van der Waals surface area contributed by atoms with E-state index < -0.39 is 0 Å². The number of nitrogens with one attached hydrogen (secondary N) is 2. The molecule has 0 amide bonds. The molecular weight excluding hydrogens is 290 g/mol. The summed E-state index contributed by atoms with van der Waals surface area (Å²) in [5.74, 6) is 0.512. The Balaban J connectivity index is 1.85. The fraction of sp³-hybridized carbons (Fsp3) is 0.529. The molecule has 2 atom stereocenters. The standard InChI is InChI=1S/C17H21N5O/c1-10-3-2-5-17(10,16(18)8-23-9-16)14-13-11-4-6-19-15(11)20-7-12(13)21-22-14/h4,6-7,10,21-22H,2-3,5,8-9,18H2,1H3/t10?,17-/m0/s1. The molecular formula is C17H21N5O. The average Bonchev–Trinajstić information content (AvgIpc) is 3.21. The Morgan fingerprint density at radius 2 is 2.17 bits per heavy atom. The number of nitrogens with zero attached hydrogens (tertiary/aromatic N) is 2. The third kappa shape index (κ3) is 1.50. The molecule has 120 valence electrons. The van der Waals surface area contributed by atoms with Crippen molar-refractivity contribution >= 4 is 21.9 Å². The Kier molecular flexibility index (Phi) is 2.54. The molecule has 1 aliphatic heterocycles.